The fraction of sp³-hybridized carbons (Fsp3) is 0.263. The van der Waals surface area contributed by atoms with E-state index in [0.717, 1.165) is 5.56 Å². The zero-order chi connectivity index (χ0) is 19.6. The lowest BCUT2D eigenvalue weighted by atomic mass is 10.1. The third-order valence-corrected chi connectivity index (χ3v) is 3.44. The number of nitrogens with one attached hydrogen (secondary N) is 1. The average molecular weight is 368 g/mol. The molecule has 2 aromatic rings. The van der Waals surface area contributed by atoms with Crippen LogP contribution in [0, 0.1) is 18.3 Å². The molecule has 0 spiro atoms. The Hall–Kier alpha value is -3.44. The first-order chi connectivity index (χ1) is 13.1. The molecule has 0 unspecified atom stereocenters. The highest BCUT2D eigenvalue weighted by Crippen LogP contribution is 2.21. The highest BCUT2D eigenvalue weighted by molar-refractivity contribution is 5.83. The number of hydrazone groups is 1. The molecule has 1 N–H and O–H groups in total. The molecule has 0 radical (unpaired) electrons. The predicted octanol–water partition coefficient (Wildman–Crippen LogP) is 1.95. The summed E-state index contributed by atoms with van der Waals surface area (Å²) in [6.07, 6.45) is 1.49. The second kappa shape index (κ2) is 9.89. The van der Waals surface area contributed by atoms with Gasteiger partial charge in [-0.05, 0) is 30.7 Å². The minimum absolute atomic E-state index is 0.0940. The molecule has 0 aliphatic rings. The molecule has 0 aliphatic heterocycles. The van der Waals surface area contributed by atoms with E-state index in [-0.39, 0.29) is 24.7 Å². The number of pyridine rings is 1. The Morgan fingerprint density at radius 3 is 2.89 bits per heavy atom. The number of benzene rings is 1. The first-order valence-electron chi connectivity index (χ1n) is 8.05. The third-order valence-electron chi connectivity index (χ3n) is 3.44. The van der Waals surface area contributed by atoms with Gasteiger partial charge in [0.05, 0.1) is 19.9 Å². The summed E-state index contributed by atoms with van der Waals surface area (Å²) in [6, 6.07) is 11.0. The van der Waals surface area contributed by atoms with Crippen molar-refractivity contribution in [1.29, 1.82) is 5.26 Å². The number of nitrogens with zero attached hydrogens (tertiary/aromatic N) is 3. The zero-order valence-electron chi connectivity index (χ0n) is 15.4. The van der Waals surface area contributed by atoms with Crippen LogP contribution in [0.4, 0.5) is 0 Å². The van der Waals surface area contributed by atoms with Crippen molar-refractivity contribution in [2.24, 2.45) is 5.10 Å². The number of nitriles is 1. The Morgan fingerprint density at radius 1 is 1.37 bits per heavy atom. The van der Waals surface area contributed by atoms with Gasteiger partial charge >= 0.3 is 0 Å². The Labute approximate surface area is 157 Å². The van der Waals surface area contributed by atoms with Crippen LogP contribution in [0.15, 0.2) is 35.4 Å². The van der Waals surface area contributed by atoms with Crippen LogP contribution in [0.5, 0.6) is 11.6 Å². The van der Waals surface area contributed by atoms with E-state index in [1.807, 2.05) is 24.3 Å². The summed E-state index contributed by atoms with van der Waals surface area (Å²) in [5.74, 6) is 0.307. The molecule has 1 aromatic carbocycles. The molecule has 2 rings (SSSR count). The SMILES string of the molecule is COCc1cc(C)nc(OCC(=O)NN=Cc2cccc(OC)c2)c1C#N. The standard InChI is InChI=1S/C19H20N4O4/c1-13-7-15(11-25-2)17(9-20)19(22-13)27-12-18(24)23-21-10-14-5-4-6-16(8-14)26-3/h4-8,10H,11-12H2,1-3H3,(H,23,24). The monoisotopic (exact) mass is 368 g/mol. The van der Waals surface area contributed by atoms with Crippen molar-refractivity contribution in [3.05, 3.63) is 52.7 Å². The number of rotatable bonds is 8. The third kappa shape index (κ3) is 5.80. The van der Waals surface area contributed by atoms with E-state index in [9.17, 15) is 10.1 Å². The van der Waals surface area contributed by atoms with E-state index in [0.29, 0.717) is 17.0 Å². The maximum atomic E-state index is 11.9. The van der Waals surface area contributed by atoms with Gasteiger partial charge < -0.3 is 14.2 Å². The molecule has 0 bridgehead atoms. The number of aromatic nitrogens is 1. The molecular weight excluding hydrogens is 348 g/mol. The maximum absolute atomic E-state index is 11.9. The summed E-state index contributed by atoms with van der Waals surface area (Å²) in [6.45, 7) is 1.69. The fourth-order valence-electron chi connectivity index (χ4n) is 2.27. The summed E-state index contributed by atoms with van der Waals surface area (Å²) in [5.41, 5.74) is 4.69. The van der Waals surface area contributed by atoms with Crippen LogP contribution in [-0.2, 0) is 16.1 Å². The molecule has 0 saturated heterocycles. The number of aryl methyl sites for hydroxylation is 1. The van der Waals surface area contributed by atoms with Gasteiger partial charge in [0.1, 0.15) is 17.4 Å². The predicted molar refractivity (Wildman–Crippen MR) is 98.6 cm³/mol. The zero-order valence-corrected chi connectivity index (χ0v) is 15.4. The number of carbonyl (C=O) groups excluding carboxylic acids is 1. The largest absolute Gasteiger partial charge is 0.497 e. The van der Waals surface area contributed by atoms with Crippen molar-refractivity contribution in [2.75, 3.05) is 20.8 Å². The summed E-state index contributed by atoms with van der Waals surface area (Å²) in [4.78, 5) is 16.1. The van der Waals surface area contributed by atoms with Crippen molar-refractivity contribution in [3.8, 4) is 17.7 Å². The lowest BCUT2D eigenvalue weighted by molar-refractivity contribution is -0.123. The van der Waals surface area contributed by atoms with Crippen molar-refractivity contribution in [3.63, 3.8) is 0 Å². The van der Waals surface area contributed by atoms with Crippen LogP contribution in [-0.4, -0.2) is 37.9 Å². The molecule has 0 fully saturated rings. The second-order valence-corrected chi connectivity index (χ2v) is 5.51. The van der Waals surface area contributed by atoms with Gasteiger partial charge in [0.25, 0.3) is 5.91 Å². The van der Waals surface area contributed by atoms with Crippen LogP contribution in [0.1, 0.15) is 22.4 Å². The number of carbonyl (C=O) groups is 1. The molecule has 140 valence electrons. The quantitative estimate of drug-likeness (QED) is 0.564. The Kier molecular flexibility index (Phi) is 7.28. The van der Waals surface area contributed by atoms with Crippen LogP contribution in [0.25, 0.3) is 0 Å². The van der Waals surface area contributed by atoms with Gasteiger partial charge in [0, 0.05) is 18.4 Å². The minimum Gasteiger partial charge on any atom is -0.497 e. The number of methoxy groups -OCH3 is 2. The summed E-state index contributed by atoms with van der Waals surface area (Å²) in [7, 11) is 3.10. The molecule has 8 nitrogen and oxygen atoms in total. The van der Waals surface area contributed by atoms with Gasteiger partial charge in [-0.2, -0.15) is 10.4 Å². The van der Waals surface area contributed by atoms with Crippen molar-refractivity contribution in [2.45, 2.75) is 13.5 Å². The number of amides is 1. The Balaban J connectivity index is 1.97. The van der Waals surface area contributed by atoms with E-state index >= 15 is 0 Å². The van der Waals surface area contributed by atoms with Gasteiger partial charge in [-0.15, -0.1) is 0 Å². The van der Waals surface area contributed by atoms with Gasteiger partial charge in [-0.1, -0.05) is 12.1 Å². The van der Waals surface area contributed by atoms with E-state index < -0.39 is 5.91 Å². The van der Waals surface area contributed by atoms with Crippen LogP contribution in [0.2, 0.25) is 0 Å². The van der Waals surface area contributed by atoms with Gasteiger partial charge in [-0.25, -0.2) is 10.4 Å². The van der Waals surface area contributed by atoms with Crippen molar-refractivity contribution >= 4 is 12.1 Å². The van der Waals surface area contributed by atoms with E-state index in [4.69, 9.17) is 14.2 Å². The molecule has 0 saturated carbocycles. The summed E-state index contributed by atoms with van der Waals surface area (Å²) < 4.78 is 15.6. The number of hydrogen-bond acceptors (Lipinski definition) is 7. The topological polar surface area (TPSA) is 106 Å². The Morgan fingerprint density at radius 2 is 2.19 bits per heavy atom. The van der Waals surface area contributed by atoms with Crippen LogP contribution in [0.3, 0.4) is 0 Å². The fourth-order valence-corrected chi connectivity index (χ4v) is 2.27. The second-order valence-electron chi connectivity index (χ2n) is 5.51. The van der Waals surface area contributed by atoms with E-state index in [1.54, 1.807) is 26.2 Å². The normalized spacial score (nSPS) is 10.4. The molecule has 0 aliphatic carbocycles. The molecule has 0 atom stereocenters. The van der Waals surface area contributed by atoms with Crippen LogP contribution >= 0.6 is 0 Å². The van der Waals surface area contributed by atoms with E-state index in [1.165, 1.54) is 13.3 Å². The highest BCUT2D eigenvalue weighted by Gasteiger charge is 2.14. The summed E-state index contributed by atoms with van der Waals surface area (Å²) in [5, 5.41) is 13.2. The van der Waals surface area contributed by atoms with Crippen LogP contribution < -0.4 is 14.9 Å². The van der Waals surface area contributed by atoms with Gasteiger partial charge in [0.15, 0.2) is 6.61 Å². The minimum atomic E-state index is -0.477. The first kappa shape index (κ1) is 19.9. The molecule has 8 heteroatoms. The smallest absolute Gasteiger partial charge is 0.278 e. The van der Waals surface area contributed by atoms with Crippen molar-refractivity contribution in [1.82, 2.24) is 10.4 Å². The summed E-state index contributed by atoms with van der Waals surface area (Å²) >= 11 is 0. The van der Waals surface area contributed by atoms with E-state index in [2.05, 4.69) is 15.5 Å². The molecule has 27 heavy (non-hydrogen) atoms. The molecule has 1 heterocycles. The van der Waals surface area contributed by atoms with Gasteiger partial charge in [-0.3, -0.25) is 4.79 Å². The Bertz CT molecular complexity index is 874. The lowest BCUT2D eigenvalue weighted by Crippen LogP contribution is -2.25. The molecule has 1 amide bonds. The molecule has 1 aromatic heterocycles. The maximum Gasteiger partial charge on any atom is 0.278 e. The lowest BCUT2D eigenvalue weighted by Gasteiger charge is -2.10. The highest BCUT2D eigenvalue weighted by atomic mass is 16.5. The van der Waals surface area contributed by atoms with Crippen molar-refractivity contribution < 1.29 is 19.0 Å². The average Bonchev–Trinajstić information content (AvgIpc) is 2.66. The molecular formula is C19H20N4O4. The van der Waals surface area contributed by atoms with Gasteiger partial charge in [0.2, 0.25) is 5.88 Å². The number of hydrogen-bond donors (Lipinski definition) is 1. The first-order valence-corrected chi connectivity index (χ1v) is 8.05. The number of ether oxygens (including phenoxy) is 3.